The fraction of sp³-hybridized carbons (Fsp3) is 0.267. The van der Waals surface area contributed by atoms with Crippen LogP contribution in [-0.4, -0.2) is 23.7 Å². The largest absolute Gasteiger partial charge is 0.504 e. The van der Waals surface area contributed by atoms with Crippen molar-refractivity contribution in [3.63, 3.8) is 0 Å². The van der Waals surface area contributed by atoms with Crippen molar-refractivity contribution in [1.29, 1.82) is 0 Å². The zero-order valence-corrected chi connectivity index (χ0v) is 12.9. The monoisotopic (exact) mass is 336 g/mol. The van der Waals surface area contributed by atoms with E-state index in [1.807, 2.05) is 24.3 Å². The maximum Gasteiger partial charge on any atom is 0.162 e. The van der Waals surface area contributed by atoms with Gasteiger partial charge in [0.1, 0.15) is 0 Å². The van der Waals surface area contributed by atoms with Crippen molar-refractivity contribution in [2.75, 3.05) is 13.7 Å². The Morgan fingerprint density at radius 2 is 2.20 bits per heavy atom. The van der Waals surface area contributed by atoms with E-state index in [2.05, 4.69) is 26.2 Å². The van der Waals surface area contributed by atoms with Gasteiger partial charge >= 0.3 is 0 Å². The summed E-state index contributed by atoms with van der Waals surface area (Å²) in [5.41, 5.74) is 1.85. The average molecular weight is 337 g/mol. The molecule has 4 nitrogen and oxygen atoms in total. The molecule has 1 aromatic heterocycles. The van der Waals surface area contributed by atoms with E-state index in [0.717, 1.165) is 28.7 Å². The standard InChI is InChI=1S/C15H17BrN2O2/c1-20-14-9-12(16)8-11(15(14)19)10-17-7-5-13-4-2-3-6-18-13/h2-4,6,8-9,17,19H,5,7,10H2,1H3. The van der Waals surface area contributed by atoms with Crippen molar-refractivity contribution < 1.29 is 9.84 Å². The topological polar surface area (TPSA) is 54.4 Å². The number of hydrogen-bond donors (Lipinski definition) is 2. The molecule has 0 aliphatic heterocycles. The van der Waals surface area contributed by atoms with Gasteiger partial charge in [-0.2, -0.15) is 0 Å². The molecule has 5 heteroatoms. The Hall–Kier alpha value is -1.59. The Morgan fingerprint density at radius 1 is 1.35 bits per heavy atom. The zero-order valence-electron chi connectivity index (χ0n) is 11.3. The maximum atomic E-state index is 10.0. The summed E-state index contributed by atoms with van der Waals surface area (Å²) in [6.45, 7) is 1.37. The molecule has 0 spiro atoms. The molecule has 1 aromatic carbocycles. The summed E-state index contributed by atoms with van der Waals surface area (Å²) in [7, 11) is 1.54. The number of nitrogens with one attached hydrogen (secondary N) is 1. The highest BCUT2D eigenvalue weighted by Crippen LogP contribution is 2.33. The van der Waals surface area contributed by atoms with Gasteiger partial charge in [0.25, 0.3) is 0 Å². The summed E-state index contributed by atoms with van der Waals surface area (Å²) in [6.07, 6.45) is 2.65. The third-order valence-corrected chi connectivity index (χ3v) is 3.40. The summed E-state index contributed by atoms with van der Waals surface area (Å²) in [5.74, 6) is 0.655. The molecule has 0 amide bonds. The van der Waals surface area contributed by atoms with Gasteiger partial charge in [-0.1, -0.05) is 22.0 Å². The predicted molar refractivity (Wildman–Crippen MR) is 82.0 cm³/mol. The summed E-state index contributed by atoms with van der Waals surface area (Å²) in [6, 6.07) is 9.51. The Bertz CT molecular complexity index is 561. The molecule has 2 aromatic rings. The van der Waals surface area contributed by atoms with E-state index in [1.54, 1.807) is 19.4 Å². The first-order valence-corrected chi connectivity index (χ1v) is 7.16. The van der Waals surface area contributed by atoms with Crippen LogP contribution < -0.4 is 10.1 Å². The summed E-state index contributed by atoms with van der Waals surface area (Å²) in [4.78, 5) is 4.27. The van der Waals surface area contributed by atoms with Crippen molar-refractivity contribution in [1.82, 2.24) is 10.3 Å². The predicted octanol–water partition coefficient (Wildman–Crippen LogP) is 2.89. The van der Waals surface area contributed by atoms with Gasteiger partial charge in [0.05, 0.1) is 7.11 Å². The van der Waals surface area contributed by atoms with Crippen molar-refractivity contribution in [3.8, 4) is 11.5 Å². The lowest BCUT2D eigenvalue weighted by molar-refractivity contribution is 0.369. The molecule has 0 atom stereocenters. The van der Waals surface area contributed by atoms with E-state index in [9.17, 15) is 5.11 Å². The van der Waals surface area contributed by atoms with Crippen LogP contribution in [0.25, 0.3) is 0 Å². The number of methoxy groups -OCH3 is 1. The number of phenolic OH excluding ortho intramolecular Hbond substituents is 1. The number of ether oxygens (including phenoxy) is 1. The van der Waals surface area contributed by atoms with Crippen LogP contribution in [0.2, 0.25) is 0 Å². The Labute approximate surface area is 126 Å². The van der Waals surface area contributed by atoms with Gasteiger partial charge in [-0.25, -0.2) is 0 Å². The first-order valence-electron chi connectivity index (χ1n) is 6.36. The van der Waals surface area contributed by atoms with Gasteiger partial charge in [-0.15, -0.1) is 0 Å². The number of rotatable bonds is 6. The molecule has 0 radical (unpaired) electrons. The van der Waals surface area contributed by atoms with E-state index in [-0.39, 0.29) is 5.75 Å². The third kappa shape index (κ3) is 3.95. The van der Waals surface area contributed by atoms with Gasteiger partial charge in [-0.3, -0.25) is 4.98 Å². The van der Waals surface area contributed by atoms with Crippen molar-refractivity contribution in [3.05, 3.63) is 52.3 Å². The molecule has 0 fully saturated rings. The number of nitrogens with zero attached hydrogens (tertiary/aromatic N) is 1. The summed E-state index contributed by atoms with van der Waals surface area (Å²) < 4.78 is 6.01. The van der Waals surface area contributed by atoms with Crippen LogP contribution in [0.5, 0.6) is 11.5 Å². The summed E-state index contributed by atoms with van der Waals surface area (Å²) >= 11 is 3.40. The molecule has 0 unspecified atom stereocenters. The fourth-order valence-electron chi connectivity index (χ4n) is 1.90. The summed E-state index contributed by atoms with van der Waals surface area (Å²) in [5, 5.41) is 13.3. The molecule has 0 bridgehead atoms. The lowest BCUT2D eigenvalue weighted by atomic mass is 10.2. The highest BCUT2D eigenvalue weighted by molar-refractivity contribution is 9.10. The van der Waals surface area contributed by atoms with Crippen LogP contribution in [0.4, 0.5) is 0 Å². The van der Waals surface area contributed by atoms with Crippen LogP contribution >= 0.6 is 15.9 Å². The van der Waals surface area contributed by atoms with E-state index in [1.165, 1.54) is 0 Å². The van der Waals surface area contributed by atoms with Gasteiger partial charge in [0.15, 0.2) is 11.5 Å². The van der Waals surface area contributed by atoms with Crippen molar-refractivity contribution >= 4 is 15.9 Å². The van der Waals surface area contributed by atoms with E-state index in [4.69, 9.17) is 4.74 Å². The van der Waals surface area contributed by atoms with E-state index < -0.39 is 0 Å². The Kier molecular flexibility index (Phi) is 5.38. The van der Waals surface area contributed by atoms with Gasteiger partial charge < -0.3 is 15.2 Å². The Morgan fingerprint density at radius 3 is 2.90 bits per heavy atom. The van der Waals surface area contributed by atoms with Gasteiger partial charge in [-0.05, 0) is 24.3 Å². The van der Waals surface area contributed by atoms with Crippen LogP contribution in [-0.2, 0) is 13.0 Å². The molecule has 2 N–H and O–H groups in total. The minimum absolute atomic E-state index is 0.182. The number of benzene rings is 1. The van der Waals surface area contributed by atoms with E-state index in [0.29, 0.717) is 12.3 Å². The first kappa shape index (κ1) is 14.8. The Balaban J connectivity index is 1.90. The molecule has 20 heavy (non-hydrogen) atoms. The van der Waals surface area contributed by atoms with Crippen molar-refractivity contribution in [2.45, 2.75) is 13.0 Å². The average Bonchev–Trinajstić information content (AvgIpc) is 2.47. The molecule has 2 rings (SSSR count). The molecule has 0 aliphatic rings. The number of aromatic nitrogens is 1. The quantitative estimate of drug-likeness (QED) is 0.796. The smallest absolute Gasteiger partial charge is 0.162 e. The number of phenols is 1. The zero-order chi connectivity index (χ0) is 14.4. The molecule has 1 heterocycles. The van der Waals surface area contributed by atoms with Crippen LogP contribution in [0.3, 0.4) is 0 Å². The highest BCUT2D eigenvalue weighted by atomic mass is 79.9. The maximum absolute atomic E-state index is 10.0. The number of pyridine rings is 1. The van der Waals surface area contributed by atoms with Crippen molar-refractivity contribution in [2.24, 2.45) is 0 Å². The third-order valence-electron chi connectivity index (χ3n) is 2.94. The second-order valence-electron chi connectivity index (χ2n) is 4.36. The minimum atomic E-state index is 0.182. The molecule has 106 valence electrons. The van der Waals surface area contributed by atoms with Gasteiger partial charge in [0.2, 0.25) is 0 Å². The molecule has 0 saturated carbocycles. The number of halogens is 1. The van der Waals surface area contributed by atoms with Gasteiger partial charge in [0, 0.05) is 41.4 Å². The molecule has 0 aliphatic carbocycles. The molecule has 0 saturated heterocycles. The first-order chi connectivity index (χ1) is 9.70. The normalized spacial score (nSPS) is 10.5. The molecular formula is C15H17BrN2O2. The fourth-order valence-corrected chi connectivity index (χ4v) is 2.39. The minimum Gasteiger partial charge on any atom is -0.504 e. The van der Waals surface area contributed by atoms with E-state index >= 15 is 0 Å². The second kappa shape index (κ2) is 7.26. The lowest BCUT2D eigenvalue weighted by Gasteiger charge is -2.11. The van der Waals surface area contributed by atoms with Crippen LogP contribution in [0.15, 0.2) is 41.0 Å². The molecular weight excluding hydrogens is 320 g/mol. The number of hydrogen-bond acceptors (Lipinski definition) is 4. The van der Waals surface area contributed by atoms with Crippen LogP contribution in [0, 0.1) is 0 Å². The number of aromatic hydroxyl groups is 1. The highest BCUT2D eigenvalue weighted by Gasteiger charge is 2.09. The van der Waals surface area contributed by atoms with Crippen LogP contribution in [0.1, 0.15) is 11.3 Å². The second-order valence-corrected chi connectivity index (χ2v) is 5.28. The lowest BCUT2D eigenvalue weighted by Crippen LogP contribution is -2.17. The SMILES string of the molecule is COc1cc(Br)cc(CNCCc2ccccn2)c1O.